The third-order valence-electron chi connectivity index (χ3n) is 4.42. The van der Waals surface area contributed by atoms with E-state index in [0.717, 1.165) is 19.3 Å². The van der Waals surface area contributed by atoms with Gasteiger partial charge in [-0.2, -0.15) is 0 Å². The average Bonchev–Trinajstić information content (AvgIpc) is 2.74. The molecule has 0 fully saturated rings. The number of carboxylic acid groups (broad SMARTS) is 1. The molecule has 0 aromatic carbocycles. The van der Waals surface area contributed by atoms with E-state index >= 15 is 0 Å². The summed E-state index contributed by atoms with van der Waals surface area (Å²) in [5.74, 6) is -1.11. The number of carbonyl (C=O) groups excluding carboxylic acids is 1. The maximum Gasteiger partial charge on any atom is 0.0627 e. The van der Waals surface area contributed by atoms with E-state index in [2.05, 4.69) is 6.92 Å². The van der Waals surface area contributed by atoms with Gasteiger partial charge in [-0.05, 0) is 18.8 Å². The van der Waals surface area contributed by atoms with E-state index < -0.39 is 69.7 Å². The monoisotopic (exact) mass is 415 g/mol. The lowest BCUT2D eigenvalue weighted by molar-refractivity contribution is -0.311. The van der Waals surface area contributed by atoms with Crippen LogP contribution in [0.15, 0.2) is 0 Å². The van der Waals surface area contributed by atoms with Crippen molar-refractivity contribution in [1.29, 1.82) is 0 Å². The van der Waals surface area contributed by atoms with Crippen LogP contribution in [0.1, 0.15) is 39.5 Å². The summed E-state index contributed by atoms with van der Waals surface area (Å²) >= 11 is 0. The zero-order valence-electron chi connectivity index (χ0n) is 17.0. The summed E-state index contributed by atoms with van der Waals surface area (Å²) in [6.45, 7) is 0.693. The first kappa shape index (κ1) is 31.8. The second kappa shape index (κ2) is 19.5. The summed E-state index contributed by atoms with van der Waals surface area (Å²) < 4.78 is 0. The highest BCUT2D eigenvalue weighted by atomic mass is 16.4. The van der Waals surface area contributed by atoms with Crippen LogP contribution in [0.25, 0.3) is 0 Å². The Bertz CT molecular complexity index is 288. The molecule has 0 aliphatic heterocycles. The molecule has 0 amide bonds. The maximum atomic E-state index is 10.3. The van der Waals surface area contributed by atoms with Crippen molar-refractivity contribution in [2.24, 2.45) is 16.7 Å². The molecule has 1 atom stereocenters. The van der Waals surface area contributed by atoms with E-state index in [1.165, 1.54) is 0 Å². The van der Waals surface area contributed by atoms with Crippen molar-refractivity contribution in [3.8, 4) is 0 Å². The van der Waals surface area contributed by atoms with Gasteiger partial charge in [0.25, 0.3) is 0 Å². The lowest BCUT2D eigenvalue weighted by Crippen LogP contribution is -2.37. The Labute approximate surface area is 166 Å². The summed E-state index contributed by atoms with van der Waals surface area (Å²) in [5.41, 5.74) is -2.22. The highest BCUT2D eigenvalue weighted by molar-refractivity contribution is 5.67. The van der Waals surface area contributed by atoms with Gasteiger partial charge in [0.05, 0.1) is 63.7 Å². The molecule has 8 N–H and O–H groups in total. The van der Waals surface area contributed by atoms with Crippen molar-refractivity contribution in [1.82, 2.24) is 0 Å². The Morgan fingerprint density at radius 2 is 1.00 bits per heavy atom. The summed E-state index contributed by atoms with van der Waals surface area (Å²) in [6.07, 6.45) is 3.52. The molecule has 10 nitrogen and oxygen atoms in total. The maximum absolute atomic E-state index is 10.3. The zero-order valence-corrected chi connectivity index (χ0v) is 17.0. The van der Waals surface area contributed by atoms with Crippen molar-refractivity contribution in [2.75, 3.05) is 52.9 Å². The predicted molar refractivity (Wildman–Crippen MR) is 99.9 cm³/mol. The molecule has 28 heavy (non-hydrogen) atoms. The normalized spacial score (nSPS) is 12.4. The Morgan fingerprint density at radius 1 is 0.714 bits per heavy atom. The smallest absolute Gasteiger partial charge is 0.0627 e. The summed E-state index contributed by atoms with van der Waals surface area (Å²) in [5, 5.41) is 78.3. The molecule has 0 saturated heterocycles. The molecule has 0 aromatic rings. The predicted octanol–water partition coefficient (Wildman–Crippen LogP) is -3.16. The minimum Gasteiger partial charge on any atom is -0.550 e. The Kier molecular flexibility index (Phi) is 22.1. The number of rotatable bonds is 13. The van der Waals surface area contributed by atoms with Gasteiger partial charge in [-0.15, -0.1) is 0 Å². The van der Waals surface area contributed by atoms with Crippen molar-refractivity contribution in [2.45, 2.75) is 39.5 Å². The molecule has 0 aliphatic carbocycles. The largest absolute Gasteiger partial charge is 0.550 e. The average molecular weight is 416 g/mol. The molecule has 0 heterocycles. The molecule has 0 aliphatic rings. The Balaban J connectivity index is -0.000000336. The van der Waals surface area contributed by atoms with E-state index in [4.69, 9.17) is 40.9 Å². The van der Waals surface area contributed by atoms with Gasteiger partial charge in [0.15, 0.2) is 0 Å². The third kappa shape index (κ3) is 13.3. The van der Waals surface area contributed by atoms with Gasteiger partial charge in [-0.25, -0.2) is 0 Å². The summed E-state index contributed by atoms with van der Waals surface area (Å²) in [4.78, 5) is 10.3. The quantitative estimate of drug-likeness (QED) is 0.152. The van der Waals surface area contributed by atoms with Gasteiger partial charge < -0.3 is 50.8 Å². The lowest BCUT2D eigenvalue weighted by atomic mass is 9.93. The van der Waals surface area contributed by atoms with Crippen molar-refractivity contribution < 1.29 is 50.8 Å². The van der Waals surface area contributed by atoms with E-state index in [-0.39, 0.29) is 5.92 Å². The molecule has 0 rings (SSSR count). The molecule has 0 spiro atoms. The first-order valence-electron chi connectivity index (χ1n) is 9.29. The third-order valence-corrected chi connectivity index (χ3v) is 4.42. The van der Waals surface area contributed by atoms with Crippen LogP contribution in [-0.4, -0.2) is 99.7 Å². The van der Waals surface area contributed by atoms with Gasteiger partial charge in [0.1, 0.15) is 0 Å². The molecule has 0 radical (unpaired) electrons. The number of carbonyl (C=O) groups is 1. The van der Waals surface area contributed by atoms with Crippen molar-refractivity contribution >= 4 is 5.97 Å². The van der Waals surface area contributed by atoms with Gasteiger partial charge in [-0.3, -0.25) is 0 Å². The second-order valence-electron chi connectivity index (χ2n) is 6.83. The molecule has 1 unspecified atom stereocenters. The van der Waals surface area contributed by atoms with Crippen molar-refractivity contribution in [3.63, 3.8) is 0 Å². The Morgan fingerprint density at radius 3 is 1.11 bits per heavy atom. The van der Waals surface area contributed by atoms with Gasteiger partial charge in [-0.1, -0.05) is 26.7 Å². The minimum atomic E-state index is -1.11. The van der Waals surface area contributed by atoms with Crippen molar-refractivity contribution in [3.05, 3.63) is 0 Å². The van der Waals surface area contributed by atoms with Crippen LogP contribution in [0.4, 0.5) is 0 Å². The summed E-state index contributed by atoms with van der Waals surface area (Å²) in [6, 6.07) is 0. The first-order valence-corrected chi connectivity index (χ1v) is 9.29. The molecule has 0 bridgehead atoms. The van der Waals surface area contributed by atoms with Crippen LogP contribution in [0.3, 0.4) is 0 Å². The van der Waals surface area contributed by atoms with Crippen LogP contribution in [0.5, 0.6) is 0 Å². The molecule has 0 aromatic heterocycles. The number of hydrogen-bond donors (Lipinski definition) is 8. The number of aliphatic hydroxyl groups is 8. The SMILES string of the molecule is CCCCC(CC)C(=O)[O-].OCC(CO)(CO)CO.OCC(CO)(CO)CO. The fraction of sp³-hybridized carbons (Fsp3) is 0.944. The van der Waals surface area contributed by atoms with Gasteiger partial charge in [0.2, 0.25) is 0 Å². The molecular weight excluding hydrogens is 376 g/mol. The second-order valence-corrected chi connectivity index (χ2v) is 6.83. The molecule has 0 saturated carbocycles. The minimum absolute atomic E-state index is 0.222. The fourth-order valence-electron chi connectivity index (χ4n) is 1.54. The first-order chi connectivity index (χ1) is 13.2. The van der Waals surface area contributed by atoms with Gasteiger partial charge in [0, 0.05) is 5.97 Å². The van der Waals surface area contributed by atoms with Crippen LogP contribution in [-0.2, 0) is 4.79 Å². The number of unbranched alkanes of at least 4 members (excludes halogenated alkanes) is 1. The summed E-state index contributed by atoms with van der Waals surface area (Å²) in [7, 11) is 0. The number of carboxylic acids is 1. The van der Waals surface area contributed by atoms with Crippen LogP contribution < -0.4 is 5.11 Å². The standard InChI is InChI=1S/C8H16O2.2C5H12O4/c1-3-5-6-7(4-2)8(9)10;2*6-1-5(2-7,3-8)4-9/h7H,3-6H2,1-2H3,(H,9,10);2*6-9H,1-4H2/p-1. The number of aliphatic carboxylic acids is 1. The fourth-order valence-corrected chi connectivity index (χ4v) is 1.54. The van der Waals surface area contributed by atoms with Crippen LogP contribution in [0, 0.1) is 16.7 Å². The van der Waals surface area contributed by atoms with E-state index in [1.54, 1.807) is 0 Å². The van der Waals surface area contributed by atoms with Crippen LogP contribution in [0.2, 0.25) is 0 Å². The Hall–Kier alpha value is -0.850. The number of hydrogen-bond acceptors (Lipinski definition) is 10. The zero-order chi connectivity index (χ0) is 22.6. The molecule has 172 valence electrons. The molecular formula is C18H39O10-. The van der Waals surface area contributed by atoms with E-state index in [1.807, 2.05) is 6.92 Å². The number of aliphatic hydroxyl groups excluding tert-OH is 8. The molecule has 10 heteroatoms. The lowest BCUT2D eigenvalue weighted by Gasteiger charge is -2.23. The topological polar surface area (TPSA) is 202 Å². The highest BCUT2D eigenvalue weighted by Crippen LogP contribution is 2.12. The highest BCUT2D eigenvalue weighted by Gasteiger charge is 2.27. The van der Waals surface area contributed by atoms with E-state index in [9.17, 15) is 9.90 Å². The van der Waals surface area contributed by atoms with E-state index in [0.29, 0.717) is 6.42 Å². The van der Waals surface area contributed by atoms with Crippen LogP contribution >= 0.6 is 0 Å². The van der Waals surface area contributed by atoms with Gasteiger partial charge >= 0.3 is 0 Å².